The molecule has 0 radical (unpaired) electrons. The summed E-state index contributed by atoms with van der Waals surface area (Å²) in [6.07, 6.45) is 5.70. The Morgan fingerprint density at radius 3 is 2.67 bits per heavy atom. The molecule has 2 aromatic heterocycles. The molecular formula is C25H21N5O3. The predicted octanol–water partition coefficient (Wildman–Crippen LogP) is 4.61. The lowest BCUT2D eigenvalue weighted by Crippen LogP contribution is -2.23. The van der Waals surface area contributed by atoms with Crippen LogP contribution in [0, 0.1) is 17.7 Å². The zero-order valence-corrected chi connectivity index (χ0v) is 17.8. The number of carbonyl (C=O) groups is 1. The number of pyridine rings is 2. The Morgan fingerprint density at radius 2 is 1.88 bits per heavy atom. The minimum atomic E-state index is -0.191. The largest absolute Gasteiger partial charge is 0.456 e. The first-order valence-electron chi connectivity index (χ1n) is 10.1. The van der Waals surface area contributed by atoms with Gasteiger partial charge in [0, 0.05) is 47.2 Å². The lowest BCUT2D eigenvalue weighted by atomic mass is 10.1. The number of hydrogen-bond acceptors (Lipinski definition) is 7. The van der Waals surface area contributed by atoms with Crippen LogP contribution in [0.3, 0.4) is 0 Å². The van der Waals surface area contributed by atoms with Crippen molar-refractivity contribution in [2.75, 3.05) is 0 Å². The summed E-state index contributed by atoms with van der Waals surface area (Å²) < 4.78 is 11.0. The number of rotatable bonds is 7. The number of carbonyl (C=O) groups excluding carboxylic acids is 1. The first-order chi connectivity index (χ1) is 16.1. The second-order valence-corrected chi connectivity index (χ2v) is 7.17. The number of fused-ring (bicyclic) bond motifs is 1. The molecule has 33 heavy (non-hydrogen) atoms. The van der Waals surface area contributed by atoms with Gasteiger partial charge in [-0.2, -0.15) is 0 Å². The Labute approximate surface area is 190 Å². The molecule has 8 heteroatoms. The molecule has 0 saturated carbocycles. The monoisotopic (exact) mass is 439 g/mol. The molecule has 8 nitrogen and oxygen atoms in total. The van der Waals surface area contributed by atoms with E-state index in [2.05, 4.69) is 15.3 Å². The normalized spacial score (nSPS) is 10.5. The Bertz CT molecular complexity index is 1340. The first-order valence-corrected chi connectivity index (χ1v) is 10.1. The SMILES string of the molecule is Cc1c(Oc2ccnc3cc(C(=N)OC=N)ccc23)cccc1C(=O)NCc1ccncc1. The predicted molar refractivity (Wildman–Crippen MR) is 125 cm³/mol. The number of hydrogen-bond donors (Lipinski definition) is 3. The highest BCUT2D eigenvalue weighted by Crippen LogP contribution is 2.32. The maximum absolute atomic E-state index is 12.8. The van der Waals surface area contributed by atoms with Gasteiger partial charge in [0.15, 0.2) is 6.40 Å². The van der Waals surface area contributed by atoms with E-state index in [1.54, 1.807) is 55.0 Å². The summed E-state index contributed by atoms with van der Waals surface area (Å²) in [7, 11) is 0. The lowest BCUT2D eigenvalue weighted by molar-refractivity contribution is 0.0950. The fourth-order valence-corrected chi connectivity index (χ4v) is 3.35. The van der Waals surface area contributed by atoms with Gasteiger partial charge in [0.2, 0.25) is 5.90 Å². The molecule has 4 rings (SSSR count). The maximum atomic E-state index is 12.8. The van der Waals surface area contributed by atoms with Gasteiger partial charge in [-0.25, -0.2) is 0 Å². The van der Waals surface area contributed by atoms with E-state index in [4.69, 9.17) is 20.3 Å². The number of ether oxygens (including phenoxy) is 2. The van der Waals surface area contributed by atoms with Gasteiger partial charge in [0.1, 0.15) is 11.5 Å². The van der Waals surface area contributed by atoms with E-state index in [1.165, 1.54) is 0 Å². The maximum Gasteiger partial charge on any atom is 0.251 e. The van der Waals surface area contributed by atoms with Gasteiger partial charge in [-0.05, 0) is 61.0 Å². The van der Waals surface area contributed by atoms with Gasteiger partial charge in [0.25, 0.3) is 5.91 Å². The van der Waals surface area contributed by atoms with Crippen LogP contribution in [0.4, 0.5) is 0 Å². The molecule has 2 aromatic carbocycles. The van der Waals surface area contributed by atoms with Crippen molar-refractivity contribution in [3.05, 3.63) is 95.4 Å². The number of aromatic nitrogens is 2. The van der Waals surface area contributed by atoms with Crippen LogP contribution in [-0.2, 0) is 11.3 Å². The zero-order valence-electron chi connectivity index (χ0n) is 17.8. The van der Waals surface area contributed by atoms with Crippen LogP contribution in [0.5, 0.6) is 11.5 Å². The van der Waals surface area contributed by atoms with E-state index < -0.39 is 0 Å². The Balaban J connectivity index is 1.57. The number of benzene rings is 2. The van der Waals surface area contributed by atoms with Crippen LogP contribution in [0.15, 0.2) is 73.2 Å². The molecule has 0 aliphatic heterocycles. The van der Waals surface area contributed by atoms with Gasteiger partial charge in [-0.15, -0.1) is 0 Å². The smallest absolute Gasteiger partial charge is 0.251 e. The quantitative estimate of drug-likeness (QED) is 0.287. The van der Waals surface area contributed by atoms with Crippen LogP contribution in [0.25, 0.3) is 10.9 Å². The molecule has 0 spiro atoms. The third kappa shape index (κ3) is 4.85. The molecule has 3 N–H and O–H groups in total. The van der Waals surface area contributed by atoms with Crippen molar-refractivity contribution in [1.29, 1.82) is 10.8 Å². The summed E-state index contributed by atoms with van der Waals surface area (Å²) >= 11 is 0. The summed E-state index contributed by atoms with van der Waals surface area (Å²) in [5, 5.41) is 18.5. The molecule has 0 fully saturated rings. The lowest BCUT2D eigenvalue weighted by Gasteiger charge is -2.14. The fourth-order valence-electron chi connectivity index (χ4n) is 3.35. The molecule has 1 amide bonds. The van der Waals surface area contributed by atoms with Crippen molar-refractivity contribution in [3.63, 3.8) is 0 Å². The second-order valence-electron chi connectivity index (χ2n) is 7.17. The molecule has 0 aliphatic carbocycles. The van der Waals surface area contributed by atoms with Gasteiger partial charge >= 0.3 is 0 Å². The van der Waals surface area contributed by atoms with Crippen LogP contribution in [-0.4, -0.2) is 28.2 Å². The van der Waals surface area contributed by atoms with E-state index in [1.807, 2.05) is 25.1 Å². The van der Waals surface area contributed by atoms with E-state index in [9.17, 15) is 4.79 Å². The molecule has 2 heterocycles. The Hall–Kier alpha value is -4.59. The van der Waals surface area contributed by atoms with Gasteiger partial charge in [-0.3, -0.25) is 25.6 Å². The standard InChI is InChI=1S/C25H21N5O3/c1-16-19(25(31)30-14-17-7-10-28-11-8-17)3-2-4-22(16)33-23-9-12-29-21-13-18(5-6-20(21)23)24(27)32-15-26/h2-13,15,26-27H,14H2,1H3,(H,30,31). The molecule has 0 unspecified atom stereocenters. The van der Waals surface area contributed by atoms with Crippen LogP contribution >= 0.6 is 0 Å². The van der Waals surface area contributed by atoms with Crippen molar-refractivity contribution >= 4 is 29.1 Å². The van der Waals surface area contributed by atoms with Crippen molar-refractivity contribution in [2.24, 2.45) is 0 Å². The molecule has 164 valence electrons. The van der Waals surface area contributed by atoms with Crippen molar-refractivity contribution in [3.8, 4) is 11.5 Å². The summed E-state index contributed by atoms with van der Waals surface area (Å²) in [5.41, 5.74) is 3.32. The minimum absolute atomic E-state index is 0.138. The third-order valence-electron chi connectivity index (χ3n) is 5.09. The van der Waals surface area contributed by atoms with Gasteiger partial charge in [-0.1, -0.05) is 6.07 Å². The summed E-state index contributed by atoms with van der Waals surface area (Å²) in [6, 6.07) is 16.0. The fraction of sp³-hybridized carbons (Fsp3) is 0.0800. The highest BCUT2D eigenvalue weighted by molar-refractivity contribution is 5.99. The topological polar surface area (TPSA) is 121 Å². The van der Waals surface area contributed by atoms with Crippen molar-refractivity contribution < 1.29 is 14.3 Å². The number of nitrogens with one attached hydrogen (secondary N) is 3. The Kier molecular flexibility index (Phi) is 6.36. The average molecular weight is 439 g/mol. The highest BCUT2D eigenvalue weighted by atomic mass is 16.5. The van der Waals surface area contributed by atoms with E-state index in [0.717, 1.165) is 10.9 Å². The second kappa shape index (κ2) is 9.69. The van der Waals surface area contributed by atoms with Crippen LogP contribution in [0.2, 0.25) is 0 Å². The zero-order chi connectivity index (χ0) is 23.2. The van der Waals surface area contributed by atoms with Crippen molar-refractivity contribution in [1.82, 2.24) is 15.3 Å². The van der Waals surface area contributed by atoms with Gasteiger partial charge < -0.3 is 14.8 Å². The molecule has 0 aliphatic rings. The summed E-state index contributed by atoms with van der Waals surface area (Å²) in [5.74, 6) is 0.802. The number of nitrogens with zero attached hydrogens (tertiary/aromatic N) is 2. The molecule has 4 aromatic rings. The van der Waals surface area contributed by atoms with Crippen LogP contribution in [0.1, 0.15) is 27.0 Å². The average Bonchev–Trinajstić information content (AvgIpc) is 2.84. The van der Waals surface area contributed by atoms with E-state index in [0.29, 0.717) is 46.7 Å². The molecule has 0 atom stereocenters. The first kappa shape index (κ1) is 21.6. The minimum Gasteiger partial charge on any atom is -0.456 e. The summed E-state index contributed by atoms with van der Waals surface area (Å²) in [4.78, 5) is 21.1. The third-order valence-corrected chi connectivity index (χ3v) is 5.09. The van der Waals surface area contributed by atoms with Crippen molar-refractivity contribution in [2.45, 2.75) is 13.5 Å². The molecule has 0 bridgehead atoms. The summed E-state index contributed by atoms with van der Waals surface area (Å²) in [6.45, 7) is 2.24. The Morgan fingerprint density at radius 1 is 1.06 bits per heavy atom. The van der Waals surface area contributed by atoms with Crippen LogP contribution < -0.4 is 10.1 Å². The van der Waals surface area contributed by atoms with E-state index in [-0.39, 0.29) is 11.8 Å². The number of amides is 1. The molecule has 0 saturated heterocycles. The van der Waals surface area contributed by atoms with E-state index >= 15 is 0 Å². The van der Waals surface area contributed by atoms with Gasteiger partial charge in [0.05, 0.1) is 5.52 Å². The molecular weight excluding hydrogens is 418 g/mol. The highest BCUT2D eigenvalue weighted by Gasteiger charge is 2.14.